The van der Waals surface area contributed by atoms with E-state index in [-0.39, 0.29) is 18.1 Å². The van der Waals surface area contributed by atoms with Crippen LogP contribution in [0.5, 0.6) is 5.75 Å². The summed E-state index contributed by atoms with van der Waals surface area (Å²) in [5, 5.41) is 21.5. The lowest BCUT2D eigenvalue weighted by molar-refractivity contribution is -0.145. The molecule has 7 heteroatoms. The maximum absolute atomic E-state index is 12.2. The second-order valence-electron chi connectivity index (χ2n) is 5.94. The Bertz CT molecular complexity index is 583. The number of aromatic hydroxyl groups is 1. The average molecular weight is 321 g/mol. The van der Waals surface area contributed by atoms with Crippen LogP contribution < -0.4 is 5.32 Å². The highest BCUT2D eigenvalue weighted by molar-refractivity contribution is 5.94. The Morgan fingerprint density at radius 2 is 1.91 bits per heavy atom. The van der Waals surface area contributed by atoms with Crippen molar-refractivity contribution < 1.29 is 19.8 Å². The zero-order chi connectivity index (χ0) is 17.0. The van der Waals surface area contributed by atoms with Crippen molar-refractivity contribution in [2.45, 2.75) is 19.4 Å². The van der Waals surface area contributed by atoms with Gasteiger partial charge < -0.3 is 20.4 Å². The molecule has 2 rings (SSSR count). The molecule has 0 bridgehead atoms. The molecule has 126 valence electrons. The van der Waals surface area contributed by atoms with Crippen molar-refractivity contribution in [2.24, 2.45) is 0 Å². The van der Waals surface area contributed by atoms with Crippen LogP contribution >= 0.6 is 0 Å². The van der Waals surface area contributed by atoms with Gasteiger partial charge in [-0.15, -0.1) is 0 Å². The summed E-state index contributed by atoms with van der Waals surface area (Å²) < 4.78 is 0. The molecule has 7 nitrogen and oxygen atoms in total. The molecule has 0 radical (unpaired) electrons. The number of carboxylic acids is 1. The van der Waals surface area contributed by atoms with E-state index in [4.69, 9.17) is 0 Å². The molecule has 0 saturated carbocycles. The third kappa shape index (κ3) is 4.67. The standard InChI is InChI=1S/C16H23N3O4/c1-11-9-12(20)3-4-13(11)17-15(21)10-14(16(22)23)19-7-5-18(2)6-8-19/h3-4,9,14,20H,5-8,10H2,1-2H3,(H,17,21)(H,22,23)/t14-/m1/s1. The van der Waals surface area contributed by atoms with Crippen molar-refractivity contribution in [2.75, 3.05) is 38.5 Å². The molecule has 1 aromatic rings. The smallest absolute Gasteiger partial charge is 0.321 e. The van der Waals surface area contributed by atoms with Gasteiger partial charge in [0.2, 0.25) is 5.91 Å². The minimum atomic E-state index is -0.980. The Kier molecular flexibility index (Phi) is 5.57. The summed E-state index contributed by atoms with van der Waals surface area (Å²) in [7, 11) is 1.99. The van der Waals surface area contributed by atoms with Gasteiger partial charge in [-0.05, 0) is 37.7 Å². The summed E-state index contributed by atoms with van der Waals surface area (Å²) in [6, 6.07) is 3.82. The maximum atomic E-state index is 12.2. The molecule has 1 atom stereocenters. The molecule has 0 aromatic heterocycles. The number of rotatable bonds is 5. The maximum Gasteiger partial charge on any atom is 0.321 e. The number of aryl methyl sites for hydroxylation is 1. The number of phenolic OH excluding ortho intramolecular Hbond substituents is 1. The molecule has 1 heterocycles. The van der Waals surface area contributed by atoms with Gasteiger partial charge in [0.05, 0.1) is 6.42 Å². The van der Waals surface area contributed by atoms with Crippen LogP contribution in [-0.2, 0) is 9.59 Å². The monoisotopic (exact) mass is 321 g/mol. The van der Waals surface area contributed by atoms with Gasteiger partial charge in [0.25, 0.3) is 0 Å². The third-order valence-corrected chi connectivity index (χ3v) is 4.13. The van der Waals surface area contributed by atoms with E-state index in [9.17, 15) is 19.8 Å². The van der Waals surface area contributed by atoms with Crippen LogP contribution in [0.4, 0.5) is 5.69 Å². The SMILES string of the molecule is Cc1cc(O)ccc1NC(=O)C[C@H](C(=O)O)N1CCN(C)CC1. The Morgan fingerprint density at radius 1 is 1.26 bits per heavy atom. The molecule has 1 aliphatic rings. The van der Waals surface area contributed by atoms with Crippen LogP contribution in [0.15, 0.2) is 18.2 Å². The highest BCUT2D eigenvalue weighted by Crippen LogP contribution is 2.20. The molecule has 0 spiro atoms. The van der Waals surface area contributed by atoms with E-state index < -0.39 is 12.0 Å². The molecule has 0 unspecified atom stereocenters. The highest BCUT2D eigenvalue weighted by atomic mass is 16.4. The van der Waals surface area contributed by atoms with Crippen molar-refractivity contribution in [1.82, 2.24) is 9.80 Å². The fourth-order valence-electron chi connectivity index (χ4n) is 2.67. The molecule has 0 aliphatic carbocycles. The van der Waals surface area contributed by atoms with Crippen LogP contribution in [-0.4, -0.2) is 71.2 Å². The number of likely N-dealkylation sites (N-methyl/N-ethyl adjacent to an activating group) is 1. The molecule has 1 aliphatic heterocycles. The van der Waals surface area contributed by atoms with E-state index in [0.29, 0.717) is 18.8 Å². The summed E-state index contributed by atoms with van der Waals surface area (Å²) in [6.07, 6.45) is -0.0979. The van der Waals surface area contributed by atoms with Crippen LogP contribution in [0.2, 0.25) is 0 Å². The number of benzene rings is 1. The summed E-state index contributed by atoms with van der Waals surface area (Å²) in [4.78, 5) is 27.7. The third-order valence-electron chi connectivity index (χ3n) is 4.13. The first-order valence-corrected chi connectivity index (χ1v) is 7.61. The summed E-state index contributed by atoms with van der Waals surface area (Å²) in [5.74, 6) is -1.20. The van der Waals surface area contributed by atoms with E-state index >= 15 is 0 Å². The number of phenols is 1. The molecule has 1 fully saturated rings. The van der Waals surface area contributed by atoms with Gasteiger partial charge >= 0.3 is 5.97 Å². The number of piperazine rings is 1. The van der Waals surface area contributed by atoms with E-state index in [1.807, 2.05) is 11.9 Å². The fourth-order valence-corrected chi connectivity index (χ4v) is 2.67. The second-order valence-corrected chi connectivity index (χ2v) is 5.94. The number of hydrogen-bond donors (Lipinski definition) is 3. The minimum Gasteiger partial charge on any atom is -0.508 e. The number of carbonyl (C=O) groups is 2. The van der Waals surface area contributed by atoms with Crippen molar-refractivity contribution in [3.8, 4) is 5.75 Å². The quantitative estimate of drug-likeness (QED) is 0.692. The predicted octanol–water partition coefficient (Wildman–Crippen LogP) is 0.730. The van der Waals surface area contributed by atoms with E-state index in [1.165, 1.54) is 6.07 Å². The Hall–Kier alpha value is -2.12. The van der Waals surface area contributed by atoms with Gasteiger partial charge in [-0.25, -0.2) is 0 Å². The first-order valence-electron chi connectivity index (χ1n) is 7.61. The molecule has 3 N–H and O–H groups in total. The molecule has 1 aromatic carbocycles. The highest BCUT2D eigenvalue weighted by Gasteiger charge is 2.30. The number of carboxylic acid groups (broad SMARTS) is 1. The zero-order valence-electron chi connectivity index (χ0n) is 13.5. The summed E-state index contributed by atoms with van der Waals surface area (Å²) >= 11 is 0. The van der Waals surface area contributed by atoms with Crippen LogP contribution in [0.25, 0.3) is 0 Å². The number of hydrogen-bond acceptors (Lipinski definition) is 5. The van der Waals surface area contributed by atoms with Gasteiger partial charge in [0, 0.05) is 31.9 Å². The lowest BCUT2D eigenvalue weighted by atomic mass is 10.1. The predicted molar refractivity (Wildman–Crippen MR) is 86.6 cm³/mol. The zero-order valence-corrected chi connectivity index (χ0v) is 13.5. The summed E-state index contributed by atoms with van der Waals surface area (Å²) in [5.41, 5.74) is 1.31. The largest absolute Gasteiger partial charge is 0.508 e. The van der Waals surface area contributed by atoms with E-state index in [0.717, 1.165) is 18.7 Å². The number of aliphatic carboxylic acids is 1. The van der Waals surface area contributed by atoms with Gasteiger partial charge in [0.1, 0.15) is 11.8 Å². The number of nitrogens with one attached hydrogen (secondary N) is 1. The van der Waals surface area contributed by atoms with Gasteiger partial charge in [-0.1, -0.05) is 0 Å². The van der Waals surface area contributed by atoms with E-state index in [2.05, 4.69) is 10.2 Å². The lowest BCUT2D eigenvalue weighted by Crippen LogP contribution is -2.52. The van der Waals surface area contributed by atoms with Crippen LogP contribution in [0.3, 0.4) is 0 Å². The van der Waals surface area contributed by atoms with Gasteiger partial charge in [-0.3, -0.25) is 14.5 Å². The number of carbonyl (C=O) groups excluding carboxylic acids is 1. The first-order chi connectivity index (χ1) is 10.9. The second kappa shape index (κ2) is 7.43. The Balaban J connectivity index is 1.99. The van der Waals surface area contributed by atoms with Gasteiger partial charge in [-0.2, -0.15) is 0 Å². The number of nitrogens with zero attached hydrogens (tertiary/aromatic N) is 2. The number of anilines is 1. The first kappa shape index (κ1) is 17.2. The normalized spacial score (nSPS) is 17.7. The molecule has 23 heavy (non-hydrogen) atoms. The fraction of sp³-hybridized carbons (Fsp3) is 0.500. The minimum absolute atomic E-state index is 0.0979. The van der Waals surface area contributed by atoms with Crippen molar-refractivity contribution >= 4 is 17.6 Å². The molecular weight excluding hydrogens is 298 g/mol. The summed E-state index contributed by atoms with van der Waals surface area (Å²) in [6.45, 7) is 4.63. The van der Waals surface area contributed by atoms with Crippen LogP contribution in [0.1, 0.15) is 12.0 Å². The Labute approximate surface area is 135 Å². The van der Waals surface area contributed by atoms with Crippen LogP contribution in [0, 0.1) is 6.92 Å². The van der Waals surface area contributed by atoms with Crippen molar-refractivity contribution in [3.05, 3.63) is 23.8 Å². The van der Waals surface area contributed by atoms with E-state index in [1.54, 1.807) is 19.1 Å². The molecular formula is C16H23N3O4. The lowest BCUT2D eigenvalue weighted by Gasteiger charge is -2.35. The topological polar surface area (TPSA) is 93.1 Å². The average Bonchev–Trinajstić information content (AvgIpc) is 2.48. The molecule has 1 amide bonds. The number of amides is 1. The molecule has 1 saturated heterocycles. The Morgan fingerprint density at radius 3 is 2.48 bits per heavy atom. The van der Waals surface area contributed by atoms with Gasteiger partial charge in [0.15, 0.2) is 0 Å². The van der Waals surface area contributed by atoms with Crippen molar-refractivity contribution in [1.29, 1.82) is 0 Å². The van der Waals surface area contributed by atoms with Crippen molar-refractivity contribution in [3.63, 3.8) is 0 Å².